The molecule has 0 saturated carbocycles. The standard InChI is InChI=1S/C20H32N4O3/c1-21-18-5-3-4-6-19(18)23(20(21)25)17-7-11-22(12-8-17)16-9-13-24(26,14-10-16)15-27-2/h4,6,16-17H,3,5,7-15H2,1-2H3. The molecule has 1 aliphatic carbocycles. The van der Waals surface area contributed by atoms with Crippen molar-refractivity contribution in [1.29, 1.82) is 0 Å². The number of hydrogen-bond donors (Lipinski definition) is 0. The zero-order valence-electron chi connectivity index (χ0n) is 16.6. The maximum atomic E-state index is 12.8. The maximum Gasteiger partial charge on any atom is 0.328 e. The van der Waals surface area contributed by atoms with Crippen molar-refractivity contribution in [2.24, 2.45) is 7.05 Å². The van der Waals surface area contributed by atoms with Gasteiger partial charge in [-0.3, -0.25) is 14.0 Å². The van der Waals surface area contributed by atoms with E-state index in [0.29, 0.717) is 19.1 Å². The number of nitrogens with zero attached hydrogens (tertiary/aromatic N) is 4. The highest BCUT2D eigenvalue weighted by atomic mass is 16.6. The van der Waals surface area contributed by atoms with E-state index in [-0.39, 0.29) is 23.1 Å². The van der Waals surface area contributed by atoms with Gasteiger partial charge in [-0.05, 0) is 31.8 Å². The molecule has 27 heavy (non-hydrogen) atoms. The van der Waals surface area contributed by atoms with Crippen LogP contribution in [0.25, 0.3) is 6.08 Å². The van der Waals surface area contributed by atoms with Crippen LogP contribution in [0.3, 0.4) is 0 Å². The fourth-order valence-corrected chi connectivity index (χ4v) is 5.19. The molecule has 2 fully saturated rings. The second-order valence-corrected chi connectivity index (χ2v) is 8.41. The molecule has 0 amide bonds. The Morgan fingerprint density at radius 2 is 1.89 bits per heavy atom. The average Bonchev–Trinajstić information content (AvgIpc) is 2.94. The monoisotopic (exact) mass is 376 g/mol. The molecule has 7 heteroatoms. The summed E-state index contributed by atoms with van der Waals surface area (Å²) >= 11 is 0. The molecule has 3 heterocycles. The highest BCUT2D eigenvalue weighted by Gasteiger charge is 2.34. The minimum Gasteiger partial charge on any atom is -0.631 e. The molecule has 2 aliphatic heterocycles. The number of likely N-dealkylation sites (tertiary alicyclic amines) is 2. The van der Waals surface area contributed by atoms with Crippen LogP contribution in [0.2, 0.25) is 0 Å². The molecular formula is C20H32N4O3. The normalized spacial score (nSPS) is 29.8. The zero-order chi connectivity index (χ0) is 19.0. The Labute approximate surface area is 161 Å². The van der Waals surface area contributed by atoms with E-state index < -0.39 is 0 Å². The van der Waals surface area contributed by atoms with Crippen molar-refractivity contribution < 1.29 is 9.38 Å². The number of piperidine rings is 2. The molecule has 1 aromatic heterocycles. The molecule has 150 valence electrons. The van der Waals surface area contributed by atoms with Crippen LogP contribution in [0.15, 0.2) is 10.9 Å². The molecule has 0 bridgehead atoms. The van der Waals surface area contributed by atoms with Crippen LogP contribution in [0.5, 0.6) is 0 Å². The Morgan fingerprint density at radius 1 is 1.19 bits per heavy atom. The molecule has 0 N–H and O–H groups in total. The zero-order valence-corrected chi connectivity index (χ0v) is 16.6. The molecule has 0 unspecified atom stereocenters. The summed E-state index contributed by atoms with van der Waals surface area (Å²) in [6.45, 7) is 3.59. The van der Waals surface area contributed by atoms with E-state index in [1.807, 2.05) is 16.2 Å². The minimum absolute atomic E-state index is 0.135. The Kier molecular flexibility index (Phi) is 5.29. The predicted octanol–water partition coefficient (Wildman–Crippen LogP) is 1.86. The van der Waals surface area contributed by atoms with Gasteiger partial charge in [-0.25, -0.2) is 4.79 Å². The minimum atomic E-state index is -0.207. The highest BCUT2D eigenvalue weighted by Crippen LogP contribution is 2.30. The van der Waals surface area contributed by atoms with Crippen molar-refractivity contribution in [3.8, 4) is 0 Å². The van der Waals surface area contributed by atoms with Crippen molar-refractivity contribution >= 4 is 6.08 Å². The molecular weight excluding hydrogens is 344 g/mol. The lowest BCUT2D eigenvalue weighted by Crippen LogP contribution is -2.55. The van der Waals surface area contributed by atoms with Gasteiger partial charge in [0.15, 0.2) is 6.73 Å². The summed E-state index contributed by atoms with van der Waals surface area (Å²) < 4.78 is 8.77. The molecule has 4 rings (SSSR count). The van der Waals surface area contributed by atoms with Gasteiger partial charge >= 0.3 is 5.69 Å². The number of quaternary nitrogens is 1. The van der Waals surface area contributed by atoms with Crippen molar-refractivity contribution in [3.05, 3.63) is 33.2 Å². The van der Waals surface area contributed by atoms with E-state index in [1.165, 1.54) is 5.69 Å². The van der Waals surface area contributed by atoms with Crippen LogP contribution in [-0.4, -0.2) is 64.7 Å². The molecule has 0 atom stereocenters. The van der Waals surface area contributed by atoms with Crippen LogP contribution in [0.4, 0.5) is 0 Å². The Bertz CT molecular complexity index is 750. The summed E-state index contributed by atoms with van der Waals surface area (Å²) in [5.41, 5.74) is 2.44. The first-order chi connectivity index (χ1) is 13.0. The number of fused-ring (bicyclic) bond motifs is 1. The first-order valence-electron chi connectivity index (χ1n) is 10.3. The van der Waals surface area contributed by atoms with Crippen molar-refractivity contribution in [2.45, 2.75) is 50.6 Å². The van der Waals surface area contributed by atoms with E-state index in [0.717, 1.165) is 57.3 Å². The highest BCUT2D eigenvalue weighted by molar-refractivity contribution is 5.51. The number of imidazole rings is 1. The summed E-state index contributed by atoms with van der Waals surface area (Å²) in [7, 11) is 3.51. The number of hydrogen-bond acceptors (Lipinski definition) is 4. The smallest absolute Gasteiger partial charge is 0.328 e. The quantitative estimate of drug-likeness (QED) is 0.594. The topological polar surface area (TPSA) is 62.5 Å². The Balaban J connectivity index is 1.40. The van der Waals surface area contributed by atoms with Crippen LogP contribution >= 0.6 is 0 Å². The van der Waals surface area contributed by atoms with Gasteiger partial charge in [-0.2, -0.15) is 0 Å². The SMILES string of the molecule is COC[N+]1([O-])CCC(N2CCC(n3c4c(n(C)c3=O)CCC=C4)CC2)CC1. The number of methoxy groups -OCH3 is 1. The number of ether oxygens (including phenoxy) is 1. The third-order valence-corrected chi connectivity index (χ3v) is 6.76. The third-order valence-electron chi connectivity index (χ3n) is 6.76. The Hall–Kier alpha value is -1.41. The molecule has 0 aromatic carbocycles. The van der Waals surface area contributed by atoms with Crippen molar-refractivity contribution in [2.75, 3.05) is 40.0 Å². The molecule has 2 saturated heterocycles. The van der Waals surface area contributed by atoms with Gasteiger partial charge in [0.2, 0.25) is 0 Å². The lowest BCUT2D eigenvalue weighted by Gasteiger charge is -2.49. The number of rotatable bonds is 4. The van der Waals surface area contributed by atoms with Crippen LogP contribution < -0.4 is 5.69 Å². The number of aromatic nitrogens is 2. The fraction of sp³-hybridized carbons (Fsp3) is 0.750. The second-order valence-electron chi connectivity index (χ2n) is 8.41. The van der Waals surface area contributed by atoms with Gasteiger partial charge in [-0.1, -0.05) is 6.08 Å². The Morgan fingerprint density at radius 3 is 2.56 bits per heavy atom. The first-order valence-corrected chi connectivity index (χ1v) is 10.3. The average molecular weight is 377 g/mol. The van der Waals surface area contributed by atoms with E-state index in [2.05, 4.69) is 17.1 Å². The van der Waals surface area contributed by atoms with Crippen molar-refractivity contribution in [1.82, 2.24) is 14.0 Å². The fourth-order valence-electron chi connectivity index (χ4n) is 5.19. The first kappa shape index (κ1) is 18.9. The summed E-state index contributed by atoms with van der Waals surface area (Å²) in [5.74, 6) is 0. The number of allylic oxidation sites excluding steroid dienone is 1. The lowest BCUT2D eigenvalue weighted by molar-refractivity contribution is -0.904. The number of hydroxylamine groups is 3. The third kappa shape index (κ3) is 3.53. The largest absolute Gasteiger partial charge is 0.631 e. The van der Waals surface area contributed by atoms with Gasteiger partial charge in [0, 0.05) is 57.9 Å². The van der Waals surface area contributed by atoms with E-state index in [4.69, 9.17) is 4.74 Å². The maximum absolute atomic E-state index is 12.8. The molecule has 7 nitrogen and oxygen atoms in total. The van der Waals surface area contributed by atoms with Gasteiger partial charge in [0.05, 0.1) is 18.8 Å². The van der Waals surface area contributed by atoms with Gasteiger partial charge in [-0.15, -0.1) is 0 Å². The van der Waals surface area contributed by atoms with Crippen LogP contribution in [-0.2, 0) is 18.2 Å². The van der Waals surface area contributed by atoms with E-state index in [1.54, 1.807) is 7.11 Å². The van der Waals surface area contributed by atoms with Crippen LogP contribution in [0, 0.1) is 5.21 Å². The summed E-state index contributed by atoms with van der Waals surface area (Å²) in [5, 5.41) is 12.5. The van der Waals surface area contributed by atoms with Gasteiger partial charge in [0.25, 0.3) is 0 Å². The summed E-state index contributed by atoms with van der Waals surface area (Å²) in [6.07, 6.45) is 10.2. The van der Waals surface area contributed by atoms with E-state index in [9.17, 15) is 10.0 Å². The van der Waals surface area contributed by atoms with Gasteiger partial charge in [0.1, 0.15) is 0 Å². The molecule has 0 radical (unpaired) electrons. The summed E-state index contributed by atoms with van der Waals surface area (Å²) in [6, 6.07) is 0.794. The van der Waals surface area contributed by atoms with Gasteiger partial charge < -0.3 is 14.6 Å². The van der Waals surface area contributed by atoms with Crippen LogP contribution in [0.1, 0.15) is 49.5 Å². The lowest BCUT2D eigenvalue weighted by atomic mass is 9.97. The second kappa shape index (κ2) is 7.54. The predicted molar refractivity (Wildman–Crippen MR) is 105 cm³/mol. The molecule has 3 aliphatic rings. The molecule has 0 spiro atoms. The van der Waals surface area contributed by atoms with E-state index >= 15 is 0 Å². The molecule has 1 aromatic rings. The summed E-state index contributed by atoms with van der Waals surface area (Å²) in [4.78, 5) is 15.3. The van der Waals surface area contributed by atoms with Crippen molar-refractivity contribution in [3.63, 3.8) is 0 Å².